The van der Waals surface area contributed by atoms with Gasteiger partial charge in [-0.3, -0.25) is 4.79 Å². The number of pyridine rings is 1. The number of carbonyl (C=O) groups is 1. The topological polar surface area (TPSA) is 76.3 Å². The van der Waals surface area contributed by atoms with Crippen LogP contribution in [0.3, 0.4) is 0 Å². The van der Waals surface area contributed by atoms with E-state index < -0.39 is 6.04 Å². The van der Waals surface area contributed by atoms with Gasteiger partial charge >= 0.3 is 0 Å². The molecule has 0 aliphatic carbocycles. The van der Waals surface area contributed by atoms with Crippen molar-refractivity contribution in [2.75, 3.05) is 6.61 Å². The SMILES string of the molecule is CCc1ccc(C(CO)NC(=O)c2ccc[n+]([O-])c2)cc1. The third-order valence-electron chi connectivity index (χ3n) is 3.32. The first kappa shape index (κ1) is 15.0. The van der Waals surface area contributed by atoms with Gasteiger partial charge in [0.15, 0.2) is 12.4 Å². The highest BCUT2D eigenvalue weighted by Crippen LogP contribution is 2.14. The van der Waals surface area contributed by atoms with Crippen LogP contribution in [0, 0.1) is 5.21 Å². The average molecular weight is 286 g/mol. The van der Waals surface area contributed by atoms with Gasteiger partial charge in [-0.2, -0.15) is 4.73 Å². The molecule has 0 aliphatic heterocycles. The van der Waals surface area contributed by atoms with E-state index in [-0.39, 0.29) is 18.1 Å². The Hall–Kier alpha value is -2.40. The number of rotatable bonds is 5. The number of aryl methyl sites for hydroxylation is 1. The summed E-state index contributed by atoms with van der Waals surface area (Å²) in [6.45, 7) is 1.86. The van der Waals surface area contributed by atoms with Crippen molar-refractivity contribution in [2.45, 2.75) is 19.4 Å². The van der Waals surface area contributed by atoms with Gasteiger partial charge in [-0.1, -0.05) is 31.2 Å². The first-order chi connectivity index (χ1) is 10.1. The largest absolute Gasteiger partial charge is 0.619 e. The van der Waals surface area contributed by atoms with Crippen LogP contribution < -0.4 is 10.0 Å². The van der Waals surface area contributed by atoms with Crippen LogP contribution >= 0.6 is 0 Å². The summed E-state index contributed by atoms with van der Waals surface area (Å²) in [4.78, 5) is 12.1. The summed E-state index contributed by atoms with van der Waals surface area (Å²) in [5.41, 5.74) is 2.28. The molecule has 0 aliphatic rings. The number of nitrogens with one attached hydrogen (secondary N) is 1. The van der Waals surface area contributed by atoms with Gasteiger partial charge in [0.1, 0.15) is 5.56 Å². The van der Waals surface area contributed by atoms with Crippen molar-refractivity contribution >= 4 is 5.91 Å². The number of aromatic nitrogens is 1. The lowest BCUT2D eigenvalue weighted by Gasteiger charge is -2.17. The predicted molar refractivity (Wildman–Crippen MR) is 78.5 cm³/mol. The number of hydrogen-bond acceptors (Lipinski definition) is 3. The van der Waals surface area contributed by atoms with Crippen LogP contribution in [0.5, 0.6) is 0 Å². The number of aliphatic hydroxyl groups excluding tert-OH is 1. The lowest BCUT2D eigenvalue weighted by Crippen LogP contribution is -2.33. The standard InChI is InChI=1S/C16H18N2O3/c1-2-12-5-7-13(8-6-12)15(11-19)17-16(20)14-4-3-9-18(21)10-14/h3-10,15,19H,2,11H2,1H3,(H,17,20). The van der Waals surface area contributed by atoms with Crippen molar-refractivity contribution in [1.82, 2.24) is 5.32 Å². The quantitative estimate of drug-likeness (QED) is 0.643. The van der Waals surface area contributed by atoms with Crippen molar-refractivity contribution in [3.05, 3.63) is 70.7 Å². The van der Waals surface area contributed by atoms with E-state index in [0.29, 0.717) is 4.73 Å². The molecule has 1 atom stereocenters. The number of benzene rings is 1. The number of aliphatic hydroxyl groups is 1. The first-order valence-electron chi connectivity index (χ1n) is 6.83. The second-order valence-corrected chi connectivity index (χ2v) is 4.76. The Bertz CT molecular complexity index is 611. The number of carbonyl (C=O) groups excluding carboxylic acids is 1. The summed E-state index contributed by atoms with van der Waals surface area (Å²) in [6, 6.07) is 10.3. The first-order valence-corrected chi connectivity index (χ1v) is 6.83. The summed E-state index contributed by atoms with van der Waals surface area (Å²) in [5.74, 6) is -0.390. The molecule has 1 aromatic carbocycles. The van der Waals surface area contributed by atoms with E-state index in [1.807, 2.05) is 24.3 Å². The fourth-order valence-electron chi connectivity index (χ4n) is 2.05. The zero-order valence-electron chi connectivity index (χ0n) is 11.8. The Kier molecular flexibility index (Phi) is 4.90. The summed E-state index contributed by atoms with van der Waals surface area (Å²) in [6.07, 6.45) is 3.44. The molecule has 1 aromatic heterocycles. The van der Waals surface area contributed by atoms with E-state index in [1.165, 1.54) is 24.0 Å². The third kappa shape index (κ3) is 3.79. The molecule has 0 radical (unpaired) electrons. The molecule has 5 heteroatoms. The fraction of sp³-hybridized carbons (Fsp3) is 0.250. The molecule has 1 heterocycles. The lowest BCUT2D eigenvalue weighted by molar-refractivity contribution is -0.605. The molecule has 0 bridgehead atoms. The minimum atomic E-state index is -0.497. The van der Waals surface area contributed by atoms with Crippen molar-refractivity contribution < 1.29 is 14.6 Å². The van der Waals surface area contributed by atoms with Gasteiger partial charge in [0, 0.05) is 6.07 Å². The molecule has 2 rings (SSSR count). The highest BCUT2D eigenvalue weighted by Gasteiger charge is 2.16. The number of hydrogen-bond donors (Lipinski definition) is 2. The maximum absolute atomic E-state index is 12.1. The van der Waals surface area contributed by atoms with Crippen LogP contribution in [0.15, 0.2) is 48.8 Å². The zero-order chi connectivity index (χ0) is 15.2. The number of amides is 1. The van der Waals surface area contributed by atoms with Crippen molar-refractivity contribution in [3.8, 4) is 0 Å². The molecule has 2 aromatic rings. The summed E-state index contributed by atoms with van der Waals surface area (Å²) in [7, 11) is 0. The molecule has 0 saturated carbocycles. The van der Waals surface area contributed by atoms with E-state index in [9.17, 15) is 15.1 Å². The van der Waals surface area contributed by atoms with Crippen LogP contribution in [-0.2, 0) is 6.42 Å². The summed E-state index contributed by atoms with van der Waals surface area (Å²) >= 11 is 0. The van der Waals surface area contributed by atoms with Gasteiger partial charge in [0.05, 0.1) is 12.6 Å². The minimum absolute atomic E-state index is 0.207. The van der Waals surface area contributed by atoms with E-state index in [2.05, 4.69) is 12.2 Å². The van der Waals surface area contributed by atoms with Gasteiger partial charge in [-0.05, 0) is 23.6 Å². The molecule has 5 nitrogen and oxygen atoms in total. The summed E-state index contributed by atoms with van der Waals surface area (Å²) < 4.78 is 0.568. The molecular weight excluding hydrogens is 268 g/mol. The van der Waals surface area contributed by atoms with Crippen LogP contribution in [0.4, 0.5) is 0 Å². The molecule has 0 saturated heterocycles. The highest BCUT2D eigenvalue weighted by atomic mass is 16.5. The molecule has 110 valence electrons. The van der Waals surface area contributed by atoms with Gasteiger partial charge in [-0.25, -0.2) is 0 Å². The minimum Gasteiger partial charge on any atom is -0.619 e. The Balaban J connectivity index is 2.12. The third-order valence-corrected chi connectivity index (χ3v) is 3.32. The monoisotopic (exact) mass is 286 g/mol. The van der Waals surface area contributed by atoms with Gasteiger partial charge in [-0.15, -0.1) is 0 Å². The lowest BCUT2D eigenvalue weighted by atomic mass is 10.0. The Labute approximate surface area is 123 Å². The van der Waals surface area contributed by atoms with Crippen LogP contribution in [0.1, 0.15) is 34.5 Å². The molecule has 2 N–H and O–H groups in total. The average Bonchev–Trinajstić information content (AvgIpc) is 2.52. The van der Waals surface area contributed by atoms with E-state index in [0.717, 1.165) is 12.0 Å². The second kappa shape index (κ2) is 6.85. The van der Waals surface area contributed by atoms with Crippen LogP contribution in [-0.4, -0.2) is 17.6 Å². The Morgan fingerprint density at radius 1 is 1.33 bits per heavy atom. The maximum atomic E-state index is 12.1. The Morgan fingerprint density at radius 2 is 2.05 bits per heavy atom. The van der Waals surface area contributed by atoms with Crippen LogP contribution in [0.25, 0.3) is 0 Å². The smallest absolute Gasteiger partial charge is 0.257 e. The molecular formula is C16H18N2O3. The van der Waals surface area contributed by atoms with Crippen molar-refractivity contribution in [3.63, 3.8) is 0 Å². The molecule has 0 spiro atoms. The zero-order valence-corrected chi connectivity index (χ0v) is 11.8. The van der Waals surface area contributed by atoms with Gasteiger partial charge in [0.2, 0.25) is 0 Å². The second-order valence-electron chi connectivity index (χ2n) is 4.76. The Morgan fingerprint density at radius 3 is 2.62 bits per heavy atom. The highest BCUT2D eigenvalue weighted by molar-refractivity contribution is 5.93. The fourth-order valence-corrected chi connectivity index (χ4v) is 2.05. The molecule has 21 heavy (non-hydrogen) atoms. The normalized spacial score (nSPS) is 11.9. The summed E-state index contributed by atoms with van der Waals surface area (Å²) in [5, 5.41) is 23.4. The molecule has 1 unspecified atom stereocenters. The molecule has 1 amide bonds. The van der Waals surface area contributed by atoms with E-state index >= 15 is 0 Å². The van der Waals surface area contributed by atoms with Crippen molar-refractivity contribution in [2.24, 2.45) is 0 Å². The van der Waals surface area contributed by atoms with Gasteiger partial charge < -0.3 is 15.6 Å². The number of nitrogens with zero attached hydrogens (tertiary/aromatic N) is 1. The van der Waals surface area contributed by atoms with Gasteiger partial charge in [0.25, 0.3) is 5.91 Å². The van der Waals surface area contributed by atoms with E-state index in [1.54, 1.807) is 6.07 Å². The van der Waals surface area contributed by atoms with E-state index in [4.69, 9.17) is 0 Å². The molecule has 0 fully saturated rings. The van der Waals surface area contributed by atoms with Crippen molar-refractivity contribution in [1.29, 1.82) is 0 Å². The predicted octanol–water partition coefficient (Wildman–Crippen LogP) is 1.35. The maximum Gasteiger partial charge on any atom is 0.257 e. The van der Waals surface area contributed by atoms with Crippen LogP contribution in [0.2, 0.25) is 0 Å².